The third kappa shape index (κ3) is 6.48. The van der Waals surface area contributed by atoms with Crippen molar-refractivity contribution >= 4 is 11.8 Å². The Kier molecular flexibility index (Phi) is 8.45. The van der Waals surface area contributed by atoms with Crippen molar-refractivity contribution in [3.8, 4) is 11.5 Å². The van der Waals surface area contributed by atoms with Crippen LogP contribution < -0.4 is 25.7 Å². The van der Waals surface area contributed by atoms with Crippen molar-refractivity contribution in [3.63, 3.8) is 0 Å². The molecule has 1 aromatic heterocycles. The Balaban J connectivity index is 1.66. The molecule has 2 N–H and O–H groups in total. The largest absolute Gasteiger partial charge is 0.493 e. The van der Waals surface area contributed by atoms with E-state index in [-0.39, 0.29) is 30.2 Å². The third-order valence-electron chi connectivity index (χ3n) is 5.11. The molecule has 2 amide bonds. The van der Waals surface area contributed by atoms with E-state index in [0.29, 0.717) is 24.6 Å². The van der Waals surface area contributed by atoms with Crippen molar-refractivity contribution in [2.24, 2.45) is 0 Å². The first-order valence-corrected chi connectivity index (χ1v) is 11.0. The summed E-state index contributed by atoms with van der Waals surface area (Å²) >= 11 is 0. The van der Waals surface area contributed by atoms with Crippen LogP contribution in [0.2, 0.25) is 0 Å². The molecule has 0 saturated carbocycles. The fraction of sp³-hybridized carbons (Fsp3) is 0.269. The maximum Gasteiger partial charge on any atom is 0.263 e. The molecule has 8 nitrogen and oxygen atoms in total. The van der Waals surface area contributed by atoms with E-state index in [9.17, 15) is 14.4 Å². The third-order valence-corrected chi connectivity index (χ3v) is 5.11. The smallest absolute Gasteiger partial charge is 0.263 e. The zero-order valence-electron chi connectivity index (χ0n) is 19.6. The summed E-state index contributed by atoms with van der Waals surface area (Å²) < 4.78 is 12.4. The SMILES string of the molecule is CCNC(=O)COc1ccc(CNC(=O)c2cccn(Cc3cccc(C)c3)c2=O)cc1OC. The number of methoxy groups -OCH3 is 1. The zero-order valence-corrected chi connectivity index (χ0v) is 19.6. The lowest BCUT2D eigenvalue weighted by atomic mass is 10.1. The van der Waals surface area contributed by atoms with Crippen LogP contribution in [-0.2, 0) is 17.9 Å². The first-order valence-electron chi connectivity index (χ1n) is 11.0. The average molecular weight is 464 g/mol. The Morgan fingerprint density at radius 2 is 1.79 bits per heavy atom. The van der Waals surface area contributed by atoms with Gasteiger partial charge in [0.2, 0.25) is 0 Å². The van der Waals surface area contributed by atoms with Gasteiger partial charge in [0.15, 0.2) is 18.1 Å². The summed E-state index contributed by atoms with van der Waals surface area (Å²) in [5.74, 6) is 0.179. The predicted octanol–water partition coefficient (Wildman–Crippen LogP) is 2.66. The van der Waals surface area contributed by atoms with Crippen molar-refractivity contribution in [1.82, 2.24) is 15.2 Å². The molecule has 178 valence electrons. The van der Waals surface area contributed by atoms with Crippen molar-refractivity contribution in [2.45, 2.75) is 26.9 Å². The minimum atomic E-state index is -0.459. The number of likely N-dealkylation sites (N-methyl/N-ethyl adjacent to an activating group) is 1. The second kappa shape index (κ2) is 11.7. The van der Waals surface area contributed by atoms with Gasteiger partial charge in [0.1, 0.15) is 5.56 Å². The van der Waals surface area contributed by atoms with E-state index >= 15 is 0 Å². The molecule has 0 saturated heterocycles. The summed E-state index contributed by atoms with van der Waals surface area (Å²) in [6.07, 6.45) is 1.67. The van der Waals surface area contributed by atoms with Crippen LogP contribution in [0.5, 0.6) is 11.5 Å². The van der Waals surface area contributed by atoms with Gasteiger partial charge in [-0.05, 0) is 49.2 Å². The Morgan fingerprint density at radius 1 is 0.971 bits per heavy atom. The molecule has 0 fully saturated rings. The quantitative estimate of drug-likeness (QED) is 0.482. The minimum absolute atomic E-state index is 0.0732. The first kappa shape index (κ1) is 24.6. The number of ether oxygens (including phenoxy) is 2. The molecule has 1 heterocycles. The highest BCUT2D eigenvalue weighted by molar-refractivity contribution is 5.93. The lowest BCUT2D eigenvalue weighted by molar-refractivity contribution is -0.123. The molecule has 8 heteroatoms. The summed E-state index contributed by atoms with van der Waals surface area (Å²) in [5, 5.41) is 5.44. The fourth-order valence-electron chi connectivity index (χ4n) is 3.45. The summed E-state index contributed by atoms with van der Waals surface area (Å²) in [6.45, 7) is 4.80. The molecule has 0 atom stereocenters. The molecule has 0 spiro atoms. The van der Waals surface area contributed by atoms with Crippen LogP contribution in [0.4, 0.5) is 0 Å². The Hall–Kier alpha value is -4.07. The maximum absolute atomic E-state index is 12.9. The number of hydrogen-bond acceptors (Lipinski definition) is 5. The summed E-state index contributed by atoms with van der Waals surface area (Å²) in [5.41, 5.74) is 2.57. The van der Waals surface area contributed by atoms with E-state index in [2.05, 4.69) is 10.6 Å². The van der Waals surface area contributed by atoms with Gasteiger partial charge in [0.05, 0.1) is 13.7 Å². The van der Waals surface area contributed by atoms with E-state index in [1.165, 1.54) is 17.7 Å². The molecule has 0 unspecified atom stereocenters. The Morgan fingerprint density at radius 3 is 2.53 bits per heavy atom. The van der Waals surface area contributed by atoms with E-state index in [1.807, 2.05) is 38.1 Å². The van der Waals surface area contributed by atoms with Gasteiger partial charge in [-0.1, -0.05) is 35.9 Å². The molecule has 0 aliphatic carbocycles. The second-order valence-corrected chi connectivity index (χ2v) is 7.75. The summed E-state index contributed by atoms with van der Waals surface area (Å²) in [6, 6.07) is 16.3. The van der Waals surface area contributed by atoms with Gasteiger partial charge in [-0.15, -0.1) is 0 Å². The number of rotatable bonds is 10. The van der Waals surface area contributed by atoms with Crippen LogP contribution in [0.1, 0.15) is 34.0 Å². The van der Waals surface area contributed by atoms with Gasteiger partial charge < -0.3 is 24.7 Å². The number of nitrogens with one attached hydrogen (secondary N) is 2. The molecule has 2 aromatic carbocycles. The highest BCUT2D eigenvalue weighted by Crippen LogP contribution is 2.28. The van der Waals surface area contributed by atoms with Crippen LogP contribution in [0.3, 0.4) is 0 Å². The zero-order chi connectivity index (χ0) is 24.5. The Bertz CT molecular complexity index is 1220. The fourth-order valence-corrected chi connectivity index (χ4v) is 3.45. The van der Waals surface area contributed by atoms with E-state index in [4.69, 9.17) is 9.47 Å². The van der Waals surface area contributed by atoms with Crippen LogP contribution >= 0.6 is 0 Å². The van der Waals surface area contributed by atoms with Crippen molar-refractivity contribution < 1.29 is 19.1 Å². The standard InChI is InChI=1S/C26H29N3O5/c1-4-27-24(30)17-34-22-11-10-19(14-23(22)33-3)15-28-25(31)21-9-6-12-29(26(21)32)16-20-8-5-7-18(2)13-20/h5-14H,4,15-17H2,1-3H3,(H,27,30)(H,28,31). The van der Waals surface area contributed by atoms with Gasteiger partial charge in [-0.25, -0.2) is 0 Å². The predicted molar refractivity (Wildman–Crippen MR) is 129 cm³/mol. The van der Waals surface area contributed by atoms with Crippen molar-refractivity contribution in [1.29, 1.82) is 0 Å². The summed E-state index contributed by atoms with van der Waals surface area (Å²) in [7, 11) is 1.50. The van der Waals surface area contributed by atoms with E-state index < -0.39 is 5.91 Å². The number of aromatic nitrogens is 1. The molecular formula is C26H29N3O5. The lowest BCUT2D eigenvalue weighted by Gasteiger charge is -2.13. The molecule has 0 aliphatic rings. The van der Waals surface area contributed by atoms with E-state index in [0.717, 1.165) is 16.7 Å². The topological polar surface area (TPSA) is 98.7 Å². The number of benzene rings is 2. The number of pyridine rings is 1. The molecule has 34 heavy (non-hydrogen) atoms. The molecule has 0 aliphatic heterocycles. The highest BCUT2D eigenvalue weighted by atomic mass is 16.5. The van der Waals surface area contributed by atoms with Crippen molar-refractivity contribution in [2.75, 3.05) is 20.3 Å². The monoisotopic (exact) mass is 463 g/mol. The van der Waals surface area contributed by atoms with Crippen LogP contribution in [0, 0.1) is 6.92 Å². The summed E-state index contributed by atoms with van der Waals surface area (Å²) in [4.78, 5) is 37.2. The van der Waals surface area contributed by atoms with Crippen molar-refractivity contribution in [3.05, 3.63) is 93.4 Å². The number of aryl methyl sites for hydroxylation is 1. The van der Waals surface area contributed by atoms with Gasteiger partial charge in [0, 0.05) is 19.3 Å². The van der Waals surface area contributed by atoms with Gasteiger partial charge in [-0.3, -0.25) is 14.4 Å². The maximum atomic E-state index is 12.9. The van der Waals surface area contributed by atoms with E-state index in [1.54, 1.807) is 30.5 Å². The molecular weight excluding hydrogens is 434 g/mol. The molecule has 3 rings (SSSR count). The van der Waals surface area contributed by atoms with Gasteiger partial charge >= 0.3 is 0 Å². The van der Waals surface area contributed by atoms with Crippen LogP contribution in [0.25, 0.3) is 0 Å². The van der Waals surface area contributed by atoms with Crippen LogP contribution in [-0.4, -0.2) is 36.6 Å². The normalized spacial score (nSPS) is 10.4. The van der Waals surface area contributed by atoms with Gasteiger partial charge in [-0.2, -0.15) is 0 Å². The molecule has 0 bridgehead atoms. The lowest BCUT2D eigenvalue weighted by Crippen LogP contribution is -2.32. The second-order valence-electron chi connectivity index (χ2n) is 7.75. The number of nitrogens with zero attached hydrogens (tertiary/aromatic N) is 1. The number of carbonyl (C=O) groups excluding carboxylic acids is 2. The van der Waals surface area contributed by atoms with Gasteiger partial charge in [0.25, 0.3) is 17.4 Å². The number of amides is 2. The molecule has 0 radical (unpaired) electrons. The first-order chi connectivity index (χ1) is 16.4. The Labute approximate surface area is 198 Å². The highest BCUT2D eigenvalue weighted by Gasteiger charge is 2.13. The number of hydrogen-bond donors (Lipinski definition) is 2. The van der Waals surface area contributed by atoms with Crippen LogP contribution in [0.15, 0.2) is 65.6 Å². The molecule has 3 aromatic rings. The average Bonchev–Trinajstić information content (AvgIpc) is 2.83. The minimum Gasteiger partial charge on any atom is -0.493 e. The number of carbonyl (C=O) groups is 2.